The molecule has 1 rings (SSSR count). The summed E-state index contributed by atoms with van der Waals surface area (Å²) < 4.78 is 5.72. The molecule has 0 aliphatic rings. The molecule has 0 fully saturated rings. The van der Waals surface area contributed by atoms with Crippen LogP contribution in [0.25, 0.3) is 0 Å². The smallest absolute Gasteiger partial charge is 0.144 e. The lowest BCUT2D eigenvalue weighted by Gasteiger charge is -2.29. The van der Waals surface area contributed by atoms with E-state index >= 15 is 0 Å². The maximum Gasteiger partial charge on any atom is 0.144 e. The number of hydrogen-bond acceptors (Lipinski definition) is 4. The lowest BCUT2D eigenvalue weighted by molar-refractivity contribution is 0.244. The highest BCUT2D eigenvalue weighted by Crippen LogP contribution is 2.29. The van der Waals surface area contributed by atoms with Gasteiger partial charge in [0, 0.05) is 30.9 Å². The first-order chi connectivity index (χ1) is 8.95. The Morgan fingerprint density at radius 2 is 1.95 bits per heavy atom. The summed E-state index contributed by atoms with van der Waals surface area (Å²) in [6, 6.07) is 6.22. The zero-order valence-electron chi connectivity index (χ0n) is 12.4. The van der Waals surface area contributed by atoms with Gasteiger partial charge in [0.1, 0.15) is 5.75 Å². The zero-order valence-corrected chi connectivity index (χ0v) is 12.4. The van der Waals surface area contributed by atoms with Gasteiger partial charge in [-0.05, 0) is 46.2 Å². The van der Waals surface area contributed by atoms with Crippen LogP contribution in [0, 0.1) is 0 Å². The number of nitrogens with two attached hydrogens (primary N) is 1. The van der Waals surface area contributed by atoms with Gasteiger partial charge in [-0.3, -0.25) is 0 Å². The number of ether oxygens (including phenoxy) is 1. The summed E-state index contributed by atoms with van der Waals surface area (Å²) in [5.74, 6) is 0.724. The molecule has 0 heterocycles. The largest absolute Gasteiger partial charge is 0.489 e. The number of aliphatic hydroxyl groups excluding tert-OH is 1. The van der Waals surface area contributed by atoms with E-state index in [0.717, 1.165) is 24.4 Å². The van der Waals surface area contributed by atoms with Gasteiger partial charge in [0.25, 0.3) is 0 Å². The number of rotatable bonds is 7. The minimum Gasteiger partial charge on any atom is -0.489 e. The Bertz CT molecular complexity index is 392. The fourth-order valence-electron chi connectivity index (χ4n) is 1.98. The summed E-state index contributed by atoms with van der Waals surface area (Å²) in [6.45, 7) is 9.26. The molecule has 0 saturated heterocycles. The highest BCUT2D eigenvalue weighted by molar-refractivity contribution is 5.62. The van der Waals surface area contributed by atoms with Crippen molar-refractivity contribution >= 4 is 11.4 Å². The molecule has 4 heteroatoms. The summed E-state index contributed by atoms with van der Waals surface area (Å²) >= 11 is 0. The lowest BCUT2D eigenvalue weighted by atomic mass is 10.2. The van der Waals surface area contributed by atoms with Crippen LogP contribution >= 0.6 is 0 Å². The first kappa shape index (κ1) is 15.6. The highest BCUT2D eigenvalue weighted by Gasteiger charge is 2.13. The predicted molar refractivity (Wildman–Crippen MR) is 80.8 cm³/mol. The van der Waals surface area contributed by atoms with Crippen molar-refractivity contribution in [3.63, 3.8) is 0 Å². The van der Waals surface area contributed by atoms with E-state index in [1.807, 2.05) is 32.0 Å². The van der Waals surface area contributed by atoms with Crippen LogP contribution < -0.4 is 15.4 Å². The third-order valence-electron chi connectivity index (χ3n) is 2.87. The Kier molecular flexibility index (Phi) is 5.96. The molecule has 0 aliphatic heterocycles. The second-order valence-electron chi connectivity index (χ2n) is 5.25. The maximum atomic E-state index is 8.99. The van der Waals surface area contributed by atoms with Gasteiger partial charge in [-0.25, -0.2) is 0 Å². The monoisotopic (exact) mass is 266 g/mol. The fourth-order valence-corrected chi connectivity index (χ4v) is 1.98. The van der Waals surface area contributed by atoms with Crippen molar-refractivity contribution in [2.75, 3.05) is 23.8 Å². The van der Waals surface area contributed by atoms with E-state index in [1.165, 1.54) is 0 Å². The second-order valence-corrected chi connectivity index (χ2v) is 5.25. The van der Waals surface area contributed by atoms with Crippen molar-refractivity contribution < 1.29 is 9.84 Å². The van der Waals surface area contributed by atoms with E-state index in [1.54, 1.807) is 0 Å². The minimum absolute atomic E-state index is 0.0995. The van der Waals surface area contributed by atoms with E-state index in [0.29, 0.717) is 11.7 Å². The predicted octanol–water partition coefficient (Wildman–Crippen LogP) is 2.65. The maximum absolute atomic E-state index is 8.99. The van der Waals surface area contributed by atoms with Gasteiger partial charge in [0.05, 0.1) is 11.8 Å². The van der Waals surface area contributed by atoms with Crippen molar-refractivity contribution in [3.05, 3.63) is 18.2 Å². The van der Waals surface area contributed by atoms with Crippen LogP contribution in [0.1, 0.15) is 34.1 Å². The summed E-state index contributed by atoms with van der Waals surface area (Å²) in [7, 11) is 0. The third kappa shape index (κ3) is 4.63. The number of nitrogen functional groups attached to an aromatic ring is 1. The second kappa shape index (κ2) is 7.24. The Balaban J connectivity index is 2.96. The number of benzene rings is 1. The molecule has 4 nitrogen and oxygen atoms in total. The summed E-state index contributed by atoms with van der Waals surface area (Å²) in [4.78, 5) is 2.24. The average Bonchev–Trinajstić information content (AvgIpc) is 2.32. The van der Waals surface area contributed by atoms with Gasteiger partial charge in [0.15, 0.2) is 0 Å². The van der Waals surface area contributed by atoms with Gasteiger partial charge in [-0.2, -0.15) is 0 Å². The highest BCUT2D eigenvalue weighted by atomic mass is 16.5. The molecule has 0 unspecified atom stereocenters. The average molecular weight is 266 g/mol. The third-order valence-corrected chi connectivity index (χ3v) is 2.87. The molecule has 0 aromatic heterocycles. The molecule has 0 amide bonds. The molecular formula is C15H26N2O2. The van der Waals surface area contributed by atoms with Crippen LogP contribution in [0.4, 0.5) is 11.4 Å². The lowest BCUT2D eigenvalue weighted by Crippen LogP contribution is -2.32. The molecule has 0 radical (unpaired) electrons. The standard InChI is InChI=1S/C15H26N2O2/c1-11(2)17(8-5-9-18)13-6-7-14(16)15(10-13)19-12(3)4/h6-7,10-12,18H,5,8-9,16H2,1-4H3. The van der Waals surface area contributed by atoms with Crippen LogP contribution in [0.2, 0.25) is 0 Å². The van der Waals surface area contributed by atoms with Crippen LogP contribution in [-0.4, -0.2) is 30.4 Å². The molecule has 0 saturated carbocycles. The molecule has 0 aliphatic carbocycles. The van der Waals surface area contributed by atoms with Crippen molar-refractivity contribution in [2.45, 2.75) is 46.3 Å². The number of hydrogen-bond donors (Lipinski definition) is 2. The van der Waals surface area contributed by atoms with Crippen molar-refractivity contribution in [2.24, 2.45) is 0 Å². The van der Waals surface area contributed by atoms with E-state index in [2.05, 4.69) is 18.7 Å². The van der Waals surface area contributed by atoms with Crippen molar-refractivity contribution in [1.29, 1.82) is 0 Å². The van der Waals surface area contributed by atoms with E-state index < -0.39 is 0 Å². The summed E-state index contributed by atoms with van der Waals surface area (Å²) in [6.07, 6.45) is 0.852. The Hall–Kier alpha value is -1.42. The van der Waals surface area contributed by atoms with Crippen LogP contribution in [0.15, 0.2) is 18.2 Å². The van der Waals surface area contributed by atoms with Crippen molar-refractivity contribution in [3.8, 4) is 5.75 Å². The van der Waals surface area contributed by atoms with Crippen molar-refractivity contribution in [1.82, 2.24) is 0 Å². The Labute approximate surface area is 116 Å². The minimum atomic E-state index is 0.0995. The first-order valence-electron chi connectivity index (χ1n) is 6.89. The molecule has 1 aromatic rings. The van der Waals surface area contributed by atoms with Gasteiger partial charge < -0.3 is 20.5 Å². The van der Waals surface area contributed by atoms with Gasteiger partial charge in [0.2, 0.25) is 0 Å². The number of anilines is 2. The zero-order chi connectivity index (χ0) is 14.4. The molecular weight excluding hydrogens is 240 g/mol. The number of aliphatic hydroxyl groups is 1. The van der Waals surface area contributed by atoms with E-state index in [-0.39, 0.29) is 12.7 Å². The van der Waals surface area contributed by atoms with Crippen LogP contribution in [0.3, 0.4) is 0 Å². The number of nitrogens with zero attached hydrogens (tertiary/aromatic N) is 1. The first-order valence-corrected chi connectivity index (χ1v) is 6.89. The topological polar surface area (TPSA) is 58.7 Å². The molecule has 0 atom stereocenters. The SMILES string of the molecule is CC(C)Oc1cc(N(CCCO)C(C)C)ccc1N. The van der Waals surface area contributed by atoms with Gasteiger partial charge in [-0.15, -0.1) is 0 Å². The van der Waals surface area contributed by atoms with E-state index in [4.69, 9.17) is 15.6 Å². The molecule has 3 N–H and O–H groups in total. The van der Waals surface area contributed by atoms with Crippen LogP contribution in [-0.2, 0) is 0 Å². The molecule has 0 bridgehead atoms. The fraction of sp³-hybridized carbons (Fsp3) is 0.600. The van der Waals surface area contributed by atoms with Crippen LogP contribution in [0.5, 0.6) is 5.75 Å². The van der Waals surface area contributed by atoms with Gasteiger partial charge >= 0.3 is 0 Å². The molecule has 19 heavy (non-hydrogen) atoms. The molecule has 0 spiro atoms. The Morgan fingerprint density at radius 3 is 2.47 bits per heavy atom. The Morgan fingerprint density at radius 1 is 1.26 bits per heavy atom. The summed E-state index contributed by atoms with van der Waals surface area (Å²) in [5, 5.41) is 8.99. The normalized spacial score (nSPS) is 11.1. The molecule has 1 aromatic carbocycles. The van der Waals surface area contributed by atoms with E-state index in [9.17, 15) is 0 Å². The summed E-state index contributed by atoms with van der Waals surface area (Å²) in [5.41, 5.74) is 7.66. The van der Waals surface area contributed by atoms with Gasteiger partial charge in [-0.1, -0.05) is 0 Å². The quantitative estimate of drug-likeness (QED) is 0.745. The molecule has 108 valence electrons.